The molecule has 0 radical (unpaired) electrons. The Hall–Kier alpha value is -0.760. The predicted octanol–water partition coefficient (Wildman–Crippen LogP) is 4.53. The monoisotopic (exact) mass is 250 g/mol. The second kappa shape index (κ2) is 4.73. The van der Waals surface area contributed by atoms with Crippen LogP contribution in [0.25, 0.3) is 0 Å². The molecule has 2 aliphatic carbocycles. The number of rotatable bonds is 1. The molecule has 0 saturated heterocycles. The van der Waals surface area contributed by atoms with Crippen molar-refractivity contribution in [3.63, 3.8) is 0 Å². The molecule has 1 saturated carbocycles. The summed E-state index contributed by atoms with van der Waals surface area (Å²) in [4.78, 5) is 0. The maximum atomic E-state index is 10.6. The lowest BCUT2D eigenvalue weighted by Crippen LogP contribution is -2.33. The third-order valence-corrected chi connectivity index (χ3v) is 4.49. The first-order valence-corrected chi connectivity index (χ1v) is 7.36. The maximum absolute atomic E-state index is 10.6. The zero-order valence-corrected chi connectivity index (χ0v) is 12.3. The molecule has 2 nitrogen and oxygen atoms in total. The van der Waals surface area contributed by atoms with Crippen molar-refractivity contribution in [2.45, 2.75) is 71.3 Å². The first-order chi connectivity index (χ1) is 8.50. The minimum atomic E-state index is -0.668. The van der Waals surface area contributed by atoms with Gasteiger partial charge in [-0.3, -0.25) is 0 Å². The van der Waals surface area contributed by atoms with E-state index in [4.69, 9.17) is 4.42 Å². The van der Waals surface area contributed by atoms with Gasteiger partial charge in [-0.05, 0) is 38.2 Å². The highest BCUT2D eigenvalue weighted by atomic mass is 16.3. The Balaban J connectivity index is 0.000000574. The van der Waals surface area contributed by atoms with E-state index in [1.54, 1.807) is 0 Å². The molecule has 2 bridgehead atoms. The molecule has 3 unspecified atom stereocenters. The Kier molecular flexibility index (Phi) is 3.59. The van der Waals surface area contributed by atoms with E-state index in [-0.39, 0.29) is 0 Å². The van der Waals surface area contributed by atoms with E-state index in [0.29, 0.717) is 17.8 Å². The van der Waals surface area contributed by atoms with E-state index in [2.05, 4.69) is 19.9 Å². The fourth-order valence-corrected chi connectivity index (χ4v) is 3.36. The Morgan fingerprint density at radius 3 is 2.61 bits per heavy atom. The van der Waals surface area contributed by atoms with Crippen molar-refractivity contribution in [3.8, 4) is 0 Å². The molecule has 0 aliphatic heterocycles. The summed E-state index contributed by atoms with van der Waals surface area (Å²) in [5.41, 5.74) is 0.397. The first-order valence-electron chi connectivity index (χ1n) is 7.36. The highest BCUT2D eigenvalue weighted by molar-refractivity contribution is 5.36. The molecule has 1 aromatic rings. The molecule has 102 valence electrons. The topological polar surface area (TPSA) is 33.4 Å². The van der Waals surface area contributed by atoms with Crippen LogP contribution in [0.5, 0.6) is 0 Å². The molecule has 3 rings (SSSR count). The molecule has 0 amide bonds. The molecule has 0 spiro atoms. The van der Waals surface area contributed by atoms with Crippen LogP contribution in [0.2, 0.25) is 0 Å². The molecule has 1 fully saturated rings. The third kappa shape index (κ3) is 1.91. The van der Waals surface area contributed by atoms with Crippen LogP contribution in [0, 0.1) is 5.92 Å². The number of aliphatic hydroxyl groups is 1. The van der Waals surface area contributed by atoms with E-state index in [1.165, 1.54) is 6.42 Å². The van der Waals surface area contributed by atoms with Crippen LogP contribution >= 0.6 is 0 Å². The van der Waals surface area contributed by atoms with Crippen LogP contribution < -0.4 is 0 Å². The Labute approximate surface area is 110 Å². The first kappa shape index (κ1) is 13.7. The van der Waals surface area contributed by atoms with Gasteiger partial charge >= 0.3 is 0 Å². The summed E-state index contributed by atoms with van der Waals surface area (Å²) in [7, 11) is 0. The summed E-state index contributed by atoms with van der Waals surface area (Å²) < 4.78 is 5.97. The van der Waals surface area contributed by atoms with E-state index < -0.39 is 5.60 Å². The molecular formula is C16H26O2. The normalized spacial score (nSPS) is 33.1. The van der Waals surface area contributed by atoms with Gasteiger partial charge in [0.2, 0.25) is 0 Å². The average Bonchev–Trinajstić information content (AvgIpc) is 2.96. The third-order valence-electron chi connectivity index (χ3n) is 4.49. The van der Waals surface area contributed by atoms with Gasteiger partial charge in [-0.15, -0.1) is 0 Å². The van der Waals surface area contributed by atoms with Gasteiger partial charge in [-0.2, -0.15) is 0 Å². The molecule has 0 aromatic carbocycles. The van der Waals surface area contributed by atoms with E-state index in [1.807, 2.05) is 20.8 Å². The number of furan rings is 1. The van der Waals surface area contributed by atoms with Gasteiger partial charge < -0.3 is 9.52 Å². The molecular weight excluding hydrogens is 224 g/mol. The van der Waals surface area contributed by atoms with Crippen molar-refractivity contribution in [1.29, 1.82) is 0 Å². The summed E-state index contributed by atoms with van der Waals surface area (Å²) in [6.45, 7) is 10.2. The second-order valence-electron chi connectivity index (χ2n) is 5.94. The molecule has 1 aromatic heterocycles. The fourth-order valence-electron chi connectivity index (χ4n) is 3.36. The van der Waals surface area contributed by atoms with Gasteiger partial charge in [0.15, 0.2) is 0 Å². The molecule has 18 heavy (non-hydrogen) atoms. The van der Waals surface area contributed by atoms with Crippen molar-refractivity contribution in [3.05, 3.63) is 23.2 Å². The van der Waals surface area contributed by atoms with E-state index in [9.17, 15) is 5.11 Å². The summed E-state index contributed by atoms with van der Waals surface area (Å²) in [5, 5.41) is 10.6. The van der Waals surface area contributed by atoms with E-state index >= 15 is 0 Å². The summed E-state index contributed by atoms with van der Waals surface area (Å²) in [6, 6.07) is 2.09. The molecule has 3 atom stereocenters. The lowest BCUT2D eigenvalue weighted by atomic mass is 9.76. The van der Waals surface area contributed by atoms with Crippen LogP contribution in [-0.4, -0.2) is 5.11 Å². The second-order valence-corrected chi connectivity index (χ2v) is 5.94. The lowest BCUT2D eigenvalue weighted by molar-refractivity contribution is -0.0115. The highest BCUT2D eigenvalue weighted by Crippen LogP contribution is 2.55. The van der Waals surface area contributed by atoms with Crippen molar-refractivity contribution < 1.29 is 9.52 Å². The van der Waals surface area contributed by atoms with Crippen molar-refractivity contribution in [2.75, 3.05) is 0 Å². The maximum Gasteiger partial charge on any atom is 0.113 e. The Bertz CT molecular complexity index is 415. The Morgan fingerprint density at radius 1 is 1.33 bits per heavy atom. The Morgan fingerprint density at radius 2 is 2.00 bits per heavy atom. The smallest absolute Gasteiger partial charge is 0.113 e. The molecule has 2 heteroatoms. The minimum Gasteiger partial charge on any atom is -0.465 e. The van der Waals surface area contributed by atoms with Gasteiger partial charge in [0, 0.05) is 17.4 Å². The van der Waals surface area contributed by atoms with Gasteiger partial charge in [-0.1, -0.05) is 27.7 Å². The molecule has 1 heterocycles. The minimum absolute atomic E-state index is 0.403. The van der Waals surface area contributed by atoms with Gasteiger partial charge in [0.1, 0.15) is 11.5 Å². The highest BCUT2D eigenvalue weighted by Gasteiger charge is 2.48. The zero-order chi connectivity index (χ0) is 13.5. The zero-order valence-electron chi connectivity index (χ0n) is 12.3. The van der Waals surface area contributed by atoms with Crippen LogP contribution in [0.4, 0.5) is 0 Å². The van der Waals surface area contributed by atoms with Gasteiger partial charge in [0.25, 0.3) is 0 Å². The largest absolute Gasteiger partial charge is 0.465 e. The number of hydrogen-bond acceptors (Lipinski definition) is 2. The summed E-state index contributed by atoms with van der Waals surface area (Å²) in [5.74, 6) is 3.50. The number of fused-ring (bicyclic) bond motifs is 4. The van der Waals surface area contributed by atoms with Crippen LogP contribution in [0.15, 0.2) is 10.5 Å². The fraction of sp³-hybridized carbons (Fsp3) is 0.750. The van der Waals surface area contributed by atoms with Gasteiger partial charge in [-0.25, -0.2) is 0 Å². The van der Waals surface area contributed by atoms with Crippen molar-refractivity contribution in [1.82, 2.24) is 0 Å². The predicted molar refractivity (Wildman–Crippen MR) is 73.8 cm³/mol. The van der Waals surface area contributed by atoms with Crippen LogP contribution in [-0.2, 0) is 5.60 Å². The summed E-state index contributed by atoms with van der Waals surface area (Å²) in [6.07, 6.45) is 3.42. The molecule has 2 aliphatic rings. The average molecular weight is 250 g/mol. The van der Waals surface area contributed by atoms with Crippen molar-refractivity contribution in [2.24, 2.45) is 5.92 Å². The number of hydrogen-bond donors (Lipinski definition) is 1. The summed E-state index contributed by atoms with van der Waals surface area (Å²) >= 11 is 0. The lowest BCUT2D eigenvalue weighted by Gasteiger charge is -2.33. The standard InChI is InChI=1S/C14H20O2.C2H6/c1-8(2)12-7-11-13(16-12)9-4-5-10(6-9)14(11,3)15;1-2/h7-10,15H,4-6H2,1-3H3;1-2H3. The molecule has 1 N–H and O–H groups in total. The van der Waals surface area contributed by atoms with E-state index in [0.717, 1.165) is 29.9 Å². The van der Waals surface area contributed by atoms with Crippen molar-refractivity contribution >= 4 is 0 Å². The van der Waals surface area contributed by atoms with Crippen LogP contribution in [0.3, 0.4) is 0 Å². The quantitative estimate of drug-likeness (QED) is 0.794. The van der Waals surface area contributed by atoms with Gasteiger partial charge in [0.05, 0.1) is 5.60 Å². The van der Waals surface area contributed by atoms with Crippen LogP contribution in [0.1, 0.15) is 82.8 Å². The SMILES string of the molecule is CC.CC(C)c1cc2c(o1)C1CCC(C1)C2(C)O.